The molecule has 2 heterocycles. The second-order valence-corrected chi connectivity index (χ2v) is 4.70. The summed E-state index contributed by atoms with van der Waals surface area (Å²) in [4.78, 5) is 29.0. The predicted molar refractivity (Wildman–Crippen MR) is 73.3 cm³/mol. The van der Waals surface area contributed by atoms with E-state index in [1.165, 1.54) is 0 Å². The highest BCUT2D eigenvalue weighted by molar-refractivity contribution is 5.79. The van der Waals surface area contributed by atoms with Crippen LogP contribution < -0.4 is 10.1 Å². The number of carbonyl (C=O) groups excluding carboxylic acids is 2. The molecule has 108 valence electrons. The van der Waals surface area contributed by atoms with Crippen LogP contribution >= 0.6 is 0 Å². The average Bonchev–Trinajstić information content (AvgIpc) is 2.85. The van der Waals surface area contributed by atoms with E-state index in [4.69, 9.17) is 4.74 Å². The van der Waals surface area contributed by atoms with Crippen molar-refractivity contribution in [2.24, 2.45) is 0 Å². The van der Waals surface area contributed by atoms with Crippen molar-refractivity contribution in [2.75, 3.05) is 26.7 Å². The van der Waals surface area contributed by atoms with Gasteiger partial charge in [0.1, 0.15) is 5.75 Å². The SMILES string of the molecule is COc1ccc(CC(=O)NCCN2CCCC2=O)nc1. The Bertz CT molecular complexity index is 473. The van der Waals surface area contributed by atoms with E-state index in [0.29, 0.717) is 31.0 Å². The molecule has 6 nitrogen and oxygen atoms in total. The summed E-state index contributed by atoms with van der Waals surface area (Å²) in [6.45, 7) is 1.87. The number of likely N-dealkylation sites (tertiary alicyclic amines) is 1. The van der Waals surface area contributed by atoms with Crippen molar-refractivity contribution in [1.29, 1.82) is 0 Å². The monoisotopic (exact) mass is 277 g/mol. The normalized spacial score (nSPS) is 14.4. The van der Waals surface area contributed by atoms with Gasteiger partial charge in [0.15, 0.2) is 0 Å². The minimum atomic E-state index is -0.0886. The standard InChI is InChI=1S/C14H19N3O3/c1-20-12-5-4-11(16-10-12)9-13(18)15-6-8-17-7-2-3-14(17)19/h4-5,10H,2-3,6-9H2,1H3,(H,15,18). The van der Waals surface area contributed by atoms with Crippen LogP contribution in [-0.2, 0) is 16.0 Å². The Hall–Kier alpha value is -2.11. The highest BCUT2D eigenvalue weighted by Crippen LogP contribution is 2.09. The molecular formula is C14H19N3O3. The minimum absolute atomic E-state index is 0.0886. The molecule has 0 unspecified atom stereocenters. The molecule has 2 rings (SSSR count). The lowest BCUT2D eigenvalue weighted by atomic mass is 10.2. The van der Waals surface area contributed by atoms with E-state index < -0.39 is 0 Å². The third-order valence-electron chi connectivity index (χ3n) is 3.25. The molecule has 1 aliphatic heterocycles. The fraction of sp³-hybridized carbons (Fsp3) is 0.500. The first kappa shape index (κ1) is 14.3. The van der Waals surface area contributed by atoms with Gasteiger partial charge in [-0.25, -0.2) is 0 Å². The van der Waals surface area contributed by atoms with Gasteiger partial charge in [-0.05, 0) is 18.6 Å². The zero-order valence-corrected chi connectivity index (χ0v) is 11.6. The van der Waals surface area contributed by atoms with E-state index in [0.717, 1.165) is 13.0 Å². The van der Waals surface area contributed by atoms with Crippen LogP contribution in [0.25, 0.3) is 0 Å². The number of ether oxygens (including phenoxy) is 1. The molecule has 0 saturated carbocycles. The van der Waals surface area contributed by atoms with Crippen molar-refractivity contribution in [3.05, 3.63) is 24.0 Å². The lowest BCUT2D eigenvalue weighted by molar-refractivity contribution is -0.128. The number of pyridine rings is 1. The molecule has 1 fully saturated rings. The van der Waals surface area contributed by atoms with E-state index in [9.17, 15) is 9.59 Å². The Kier molecular flexibility index (Phi) is 4.92. The molecule has 0 bridgehead atoms. The average molecular weight is 277 g/mol. The highest BCUT2D eigenvalue weighted by atomic mass is 16.5. The summed E-state index contributed by atoms with van der Waals surface area (Å²) in [5.41, 5.74) is 0.695. The van der Waals surface area contributed by atoms with Gasteiger partial charge in [0, 0.05) is 31.7 Å². The maximum atomic E-state index is 11.7. The summed E-state index contributed by atoms with van der Waals surface area (Å²) in [6.07, 6.45) is 3.37. The largest absolute Gasteiger partial charge is 0.495 e. The number of nitrogens with zero attached hydrogens (tertiary/aromatic N) is 2. The molecule has 1 aliphatic rings. The Labute approximate surface area is 118 Å². The van der Waals surface area contributed by atoms with E-state index in [1.54, 1.807) is 30.3 Å². The third kappa shape index (κ3) is 3.94. The molecule has 20 heavy (non-hydrogen) atoms. The molecule has 1 N–H and O–H groups in total. The molecule has 2 amide bonds. The van der Waals surface area contributed by atoms with Gasteiger partial charge < -0.3 is 15.0 Å². The van der Waals surface area contributed by atoms with Crippen molar-refractivity contribution in [3.8, 4) is 5.75 Å². The fourth-order valence-corrected chi connectivity index (χ4v) is 2.13. The number of rotatable bonds is 6. The second-order valence-electron chi connectivity index (χ2n) is 4.70. The predicted octanol–water partition coefficient (Wildman–Crippen LogP) is 0.371. The van der Waals surface area contributed by atoms with Crippen LogP contribution in [0.15, 0.2) is 18.3 Å². The second kappa shape index (κ2) is 6.88. The minimum Gasteiger partial charge on any atom is -0.495 e. The van der Waals surface area contributed by atoms with E-state index in [-0.39, 0.29) is 18.2 Å². The number of carbonyl (C=O) groups is 2. The van der Waals surface area contributed by atoms with Crippen LogP contribution in [0.3, 0.4) is 0 Å². The summed E-state index contributed by atoms with van der Waals surface area (Å²) in [5, 5.41) is 2.80. The van der Waals surface area contributed by atoms with Crippen molar-refractivity contribution >= 4 is 11.8 Å². The Morgan fingerprint density at radius 3 is 2.95 bits per heavy atom. The Morgan fingerprint density at radius 2 is 2.35 bits per heavy atom. The molecule has 0 atom stereocenters. The van der Waals surface area contributed by atoms with Crippen molar-refractivity contribution in [3.63, 3.8) is 0 Å². The van der Waals surface area contributed by atoms with Gasteiger partial charge in [-0.1, -0.05) is 0 Å². The van der Waals surface area contributed by atoms with Crippen LogP contribution in [0, 0.1) is 0 Å². The van der Waals surface area contributed by atoms with E-state index in [1.807, 2.05) is 0 Å². The molecule has 1 aromatic rings. The van der Waals surface area contributed by atoms with Crippen molar-refractivity contribution in [2.45, 2.75) is 19.3 Å². The van der Waals surface area contributed by atoms with Crippen molar-refractivity contribution < 1.29 is 14.3 Å². The topological polar surface area (TPSA) is 71.5 Å². The number of amides is 2. The van der Waals surface area contributed by atoms with Crippen LogP contribution in [-0.4, -0.2) is 48.4 Å². The van der Waals surface area contributed by atoms with Gasteiger partial charge in [0.25, 0.3) is 0 Å². The summed E-state index contributed by atoms with van der Waals surface area (Å²) in [7, 11) is 1.57. The maximum absolute atomic E-state index is 11.7. The van der Waals surface area contributed by atoms with Gasteiger partial charge in [-0.15, -0.1) is 0 Å². The zero-order chi connectivity index (χ0) is 14.4. The summed E-state index contributed by atoms with van der Waals surface area (Å²) < 4.78 is 5.01. The molecule has 0 aromatic carbocycles. The molecule has 0 spiro atoms. The Morgan fingerprint density at radius 1 is 1.50 bits per heavy atom. The lowest BCUT2D eigenvalue weighted by Gasteiger charge is -2.15. The molecular weight excluding hydrogens is 258 g/mol. The molecule has 1 saturated heterocycles. The van der Waals surface area contributed by atoms with Crippen LogP contribution in [0.2, 0.25) is 0 Å². The number of aromatic nitrogens is 1. The van der Waals surface area contributed by atoms with Crippen molar-refractivity contribution in [1.82, 2.24) is 15.2 Å². The smallest absolute Gasteiger partial charge is 0.226 e. The number of hydrogen-bond acceptors (Lipinski definition) is 4. The van der Waals surface area contributed by atoms with Crippen LogP contribution in [0.4, 0.5) is 0 Å². The molecule has 6 heteroatoms. The molecule has 0 aliphatic carbocycles. The molecule has 1 aromatic heterocycles. The van der Waals surface area contributed by atoms with Gasteiger partial charge in [-0.2, -0.15) is 0 Å². The quantitative estimate of drug-likeness (QED) is 0.815. The zero-order valence-electron chi connectivity index (χ0n) is 11.6. The lowest BCUT2D eigenvalue weighted by Crippen LogP contribution is -2.36. The summed E-state index contributed by atoms with van der Waals surface area (Å²) >= 11 is 0. The van der Waals surface area contributed by atoms with Gasteiger partial charge >= 0.3 is 0 Å². The first-order valence-electron chi connectivity index (χ1n) is 6.72. The van der Waals surface area contributed by atoms with Crippen LogP contribution in [0.1, 0.15) is 18.5 Å². The first-order valence-corrected chi connectivity index (χ1v) is 6.72. The Balaban J connectivity index is 1.70. The number of nitrogens with one attached hydrogen (secondary N) is 1. The molecule has 0 radical (unpaired) electrons. The highest BCUT2D eigenvalue weighted by Gasteiger charge is 2.19. The van der Waals surface area contributed by atoms with Gasteiger partial charge in [0.2, 0.25) is 11.8 Å². The summed E-state index contributed by atoms with van der Waals surface area (Å²) in [5.74, 6) is 0.757. The fourth-order valence-electron chi connectivity index (χ4n) is 2.13. The third-order valence-corrected chi connectivity index (χ3v) is 3.25. The number of hydrogen-bond donors (Lipinski definition) is 1. The first-order chi connectivity index (χ1) is 9.69. The number of methoxy groups -OCH3 is 1. The van der Waals surface area contributed by atoms with E-state index in [2.05, 4.69) is 10.3 Å². The maximum Gasteiger partial charge on any atom is 0.226 e. The van der Waals surface area contributed by atoms with Gasteiger partial charge in [0.05, 0.1) is 19.7 Å². The summed E-state index contributed by atoms with van der Waals surface area (Å²) in [6, 6.07) is 3.54. The van der Waals surface area contributed by atoms with Gasteiger partial charge in [-0.3, -0.25) is 14.6 Å². The van der Waals surface area contributed by atoms with Crippen LogP contribution in [0.5, 0.6) is 5.75 Å². The van der Waals surface area contributed by atoms with E-state index >= 15 is 0 Å².